The molecule has 114 valence electrons. The summed E-state index contributed by atoms with van der Waals surface area (Å²) in [6, 6.07) is 15.1. The molecule has 1 fully saturated rings. The lowest BCUT2D eigenvalue weighted by Crippen LogP contribution is -2.40. The summed E-state index contributed by atoms with van der Waals surface area (Å²) in [6.45, 7) is 1.88. The van der Waals surface area contributed by atoms with Gasteiger partial charge in [0.05, 0.1) is 11.4 Å². The Morgan fingerprint density at radius 2 is 1.61 bits per heavy atom. The van der Waals surface area contributed by atoms with Crippen LogP contribution in [0.4, 0.5) is 11.4 Å². The second-order valence-electron chi connectivity index (χ2n) is 5.57. The van der Waals surface area contributed by atoms with Crippen molar-refractivity contribution in [1.29, 1.82) is 0 Å². The highest BCUT2D eigenvalue weighted by atomic mass is 16.2. The van der Waals surface area contributed by atoms with Crippen molar-refractivity contribution in [2.75, 3.05) is 9.91 Å². The van der Waals surface area contributed by atoms with E-state index in [1.165, 1.54) is 9.91 Å². The maximum absolute atomic E-state index is 12.9. The normalized spacial score (nSPS) is 22.8. The molecule has 2 amide bonds. The van der Waals surface area contributed by atoms with Gasteiger partial charge in [0.2, 0.25) is 0 Å². The third kappa shape index (κ3) is 1.95. The van der Waals surface area contributed by atoms with Gasteiger partial charge >= 0.3 is 0 Å². The molecule has 2 aliphatic heterocycles. The number of amides is 2. The lowest BCUT2D eigenvalue weighted by Gasteiger charge is -2.21. The van der Waals surface area contributed by atoms with Gasteiger partial charge in [-0.3, -0.25) is 9.59 Å². The van der Waals surface area contributed by atoms with Gasteiger partial charge in [0.15, 0.2) is 12.1 Å². The minimum Gasteiger partial charge on any atom is -0.271 e. The van der Waals surface area contributed by atoms with E-state index in [2.05, 4.69) is 10.3 Å². The molecule has 0 saturated carbocycles. The number of benzene rings is 2. The van der Waals surface area contributed by atoms with Crippen LogP contribution < -0.4 is 9.91 Å². The number of carbonyl (C=O) groups excluding carboxylic acids is 2. The molecule has 0 unspecified atom stereocenters. The Hall–Kier alpha value is -3.02. The molecule has 2 aromatic rings. The van der Waals surface area contributed by atoms with E-state index in [9.17, 15) is 9.59 Å². The summed E-state index contributed by atoms with van der Waals surface area (Å²) < 4.78 is 0. The zero-order valence-corrected chi connectivity index (χ0v) is 12.5. The molecule has 2 heterocycles. The monoisotopic (exact) mass is 306 g/mol. The van der Waals surface area contributed by atoms with Crippen molar-refractivity contribution in [2.45, 2.75) is 19.0 Å². The Morgan fingerprint density at radius 3 is 2.35 bits per heavy atom. The van der Waals surface area contributed by atoms with E-state index in [0.717, 1.165) is 11.3 Å². The van der Waals surface area contributed by atoms with Gasteiger partial charge in [-0.2, -0.15) is 5.11 Å². The number of para-hydroxylation sites is 2. The average molecular weight is 306 g/mol. The maximum atomic E-state index is 12.9. The highest BCUT2D eigenvalue weighted by Gasteiger charge is 2.55. The van der Waals surface area contributed by atoms with Crippen LogP contribution in [0.15, 0.2) is 64.9 Å². The minimum absolute atomic E-state index is 0.289. The van der Waals surface area contributed by atoms with E-state index in [4.69, 9.17) is 0 Å². The summed E-state index contributed by atoms with van der Waals surface area (Å²) in [7, 11) is 0. The fourth-order valence-electron chi connectivity index (χ4n) is 3.01. The Balaban J connectivity index is 1.74. The molecule has 6 heteroatoms. The van der Waals surface area contributed by atoms with E-state index in [1.54, 1.807) is 6.07 Å². The summed E-state index contributed by atoms with van der Waals surface area (Å²) >= 11 is 0. The van der Waals surface area contributed by atoms with Crippen LogP contribution in [-0.2, 0) is 9.59 Å². The van der Waals surface area contributed by atoms with E-state index in [1.807, 2.05) is 55.5 Å². The van der Waals surface area contributed by atoms with Crippen LogP contribution in [0, 0.1) is 6.92 Å². The zero-order chi connectivity index (χ0) is 16.0. The number of hydrogen-bond acceptors (Lipinski definition) is 5. The van der Waals surface area contributed by atoms with Crippen molar-refractivity contribution in [3.8, 4) is 0 Å². The van der Waals surface area contributed by atoms with Gasteiger partial charge in [0.25, 0.3) is 11.8 Å². The van der Waals surface area contributed by atoms with Crippen molar-refractivity contribution < 1.29 is 9.59 Å². The Labute approximate surface area is 133 Å². The fourth-order valence-corrected chi connectivity index (χ4v) is 3.01. The number of anilines is 2. The fraction of sp³-hybridized carbons (Fsp3) is 0.176. The van der Waals surface area contributed by atoms with Crippen LogP contribution in [-0.4, -0.2) is 23.9 Å². The van der Waals surface area contributed by atoms with E-state index >= 15 is 0 Å². The van der Waals surface area contributed by atoms with Gasteiger partial charge in [0, 0.05) is 0 Å². The molecule has 23 heavy (non-hydrogen) atoms. The first-order valence-corrected chi connectivity index (χ1v) is 7.37. The predicted molar refractivity (Wildman–Crippen MR) is 85.0 cm³/mol. The molecule has 4 rings (SSSR count). The Bertz CT molecular complexity index is 818. The zero-order valence-electron chi connectivity index (χ0n) is 12.5. The predicted octanol–water partition coefficient (Wildman–Crippen LogP) is 2.49. The van der Waals surface area contributed by atoms with Gasteiger partial charge in [-0.05, 0) is 30.7 Å². The number of nitrogens with zero attached hydrogens (tertiary/aromatic N) is 4. The molecule has 0 radical (unpaired) electrons. The third-order valence-electron chi connectivity index (χ3n) is 4.16. The van der Waals surface area contributed by atoms with Gasteiger partial charge in [-0.1, -0.05) is 41.6 Å². The first-order chi connectivity index (χ1) is 11.2. The SMILES string of the molecule is Cc1ccccc1N1C(=O)[C@@H]2N=NN(c3ccccc3)[C@H]2C1=O. The molecule has 0 aliphatic carbocycles. The van der Waals surface area contributed by atoms with E-state index in [0.29, 0.717) is 5.69 Å². The van der Waals surface area contributed by atoms with Crippen LogP contribution in [0.3, 0.4) is 0 Å². The number of rotatable bonds is 2. The lowest BCUT2D eigenvalue weighted by atomic mass is 10.1. The van der Waals surface area contributed by atoms with Crippen molar-refractivity contribution in [2.24, 2.45) is 10.3 Å². The Kier molecular flexibility index (Phi) is 2.97. The van der Waals surface area contributed by atoms with Gasteiger partial charge in [-0.15, -0.1) is 0 Å². The molecule has 2 atom stereocenters. The molecule has 0 bridgehead atoms. The summed E-state index contributed by atoms with van der Waals surface area (Å²) in [5, 5.41) is 9.59. The minimum atomic E-state index is -0.776. The number of carbonyl (C=O) groups is 2. The molecule has 1 saturated heterocycles. The van der Waals surface area contributed by atoms with E-state index < -0.39 is 12.1 Å². The highest BCUT2D eigenvalue weighted by molar-refractivity contribution is 6.26. The van der Waals surface area contributed by atoms with Gasteiger partial charge in [-0.25, -0.2) is 9.91 Å². The van der Waals surface area contributed by atoms with Crippen LogP contribution in [0.5, 0.6) is 0 Å². The first kappa shape index (κ1) is 13.6. The summed E-state index contributed by atoms with van der Waals surface area (Å²) in [6.07, 6.45) is 0. The smallest absolute Gasteiger partial charge is 0.263 e. The molecule has 2 aliphatic rings. The van der Waals surface area contributed by atoms with Crippen LogP contribution >= 0.6 is 0 Å². The molecule has 0 N–H and O–H groups in total. The van der Waals surface area contributed by atoms with Crippen LogP contribution in [0.2, 0.25) is 0 Å². The standard InChI is InChI=1S/C17H14N4O2/c1-11-7-5-6-10-13(11)20-16(22)14-15(17(20)23)21(19-18-14)12-8-3-2-4-9-12/h2-10,14-15H,1H3/t14-,15-/m1/s1. The average Bonchev–Trinajstić information content (AvgIpc) is 3.11. The molecular weight excluding hydrogens is 292 g/mol. The van der Waals surface area contributed by atoms with Gasteiger partial charge in [0.1, 0.15) is 0 Å². The van der Waals surface area contributed by atoms with Crippen molar-refractivity contribution >= 4 is 23.2 Å². The quantitative estimate of drug-likeness (QED) is 0.801. The van der Waals surface area contributed by atoms with Crippen molar-refractivity contribution in [1.82, 2.24) is 0 Å². The second-order valence-corrected chi connectivity index (χ2v) is 5.57. The second kappa shape index (κ2) is 5.01. The number of hydrogen-bond donors (Lipinski definition) is 0. The van der Waals surface area contributed by atoms with Crippen LogP contribution in [0.25, 0.3) is 0 Å². The number of fused-ring (bicyclic) bond motifs is 1. The van der Waals surface area contributed by atoms with Crippen LogP contribution in [0.1, 0.15) is 5.56 Å². The van der Waals surface area contributed by atoms with Gasteiger partial charge < -0.3 is 0 Å². The molecule has 0 spiro atoms. The largest absolute Gasteiger partial charge is 0.271 e. The Morgan fingerprint density at radius 1 is 0.913 bits per heavy atom. The molecule has 6 nitrogen and oxygen atoms in total. The molecule has 0 aromatic heterocycles. The van der Waals surface area contributed by atoms with Crippen molar-refractivity contribution in [3.63, 3.8) is 0 Å². The summed E-state index contributed by atoms with van der Waals surface area (Å²) in [5.41, 5.74) is 2.23. The number of aryl methyl sites for hydroxylation is 1. The summed E-state index contributed by atoms with van der Waals surface area (Å²) in [5.74, 6) is -0.611. The first-order valence-electron chi connectivity index (χ1n) is 7.37. The topological polar surface area (TPSA) is 65.3 Å². The maximum Gasteiger partial charge on any atom is 0.263 e. The highest BCUT2D eigenvalue weighted by Crippen LogP contribution is 2.35. The number of imide groups is 1. The lowest BCUT2D eigenvalue weighted by molar-refractivity contribution is -0.121. The van der Waals surface area contributed by atoms with E-state index in [-0.39, 0.29) is 11.8 Å². The van der Waals surface area contributed by atoms with Crippen molar-refractivity contribution in [3.05, 3.63) is 60.2 Å². The summed E-state index contributed by atoms with van der Waals surface area (Å²) in [4.78, 5) is 26.8. The third-order valence-corrected chi connectivity index (χ3v) is 4.16. The molecule has 2 aromatic carbocycles. The molecular formula is C17H14N4O2.